The van der Waals surface area contributed by atoms with Gasteiger partial charge in [-0.15, -0.1) is 11.3 Å². The van der Waals surface area contributed by atoms with Crippen LogP contribution >= 0.6 is 44.2 Å². The smallest absolute Gasteiger partial charge is 0.282 e. The largest absolute Gasteiger partial charge is 0.417 e. The normalized spacial score (nSPS) is 13.2. The molecule has 0 fully saturated rings. The van der Waals surface area contributed by atoms with Crippen molar-refractivity contribution in [1.82, 2.24) is 0 Å². The average molecular weight is 545 g/mol. The quantitative estimate of drug-likeness (QED) is 0.184. The summed E-state index contributed by atoms with van der Waals surface area (Å²) in [5.74, 6) is 0. The molecule has 3 aromatic carbocycles. The second-order valence-electron chi connectivity index (χ2n) is 7.55. The van der Waals surface area contributed by atoms with Crippen LogP contribution in [0.15, 0.2) is 65.6 Å². The van der Waals surface area contributed by atoms with Crippen LogP contribution in [0.4, 0.5) is 24.5 Å². The zero-order valence-electron chi connectivity index (χ0n) is 16.0. The molecule has 29 heavy (non-hydrogen) atoms. The fourth-order valence-electron chi connectivity index (χ4n) is 3.31. The van der Waals surface area contributed by atoms with Crippen LogP contribution in [0, 0.1) is 0 Å². The highest BCUT2D eigenvalue weighted by Crippen LogP contribution is 2.48. The lowest BCUT2D eigenvalue weighted by atomic mass is 10.1. The first kappa shape index (κ1) is 20.8. The number of nitrogens with zero attached hydrogens (tertiary/aromatic N) is 1. The molecule has 0 saturated heterocycles. The number of benzene rings is 3. The molecule has 0 amide bonds. The topological polar surface area (TPSA) is 3.24 Å². The van der Waals surface area contributed by atoms with Crippen LogP contribution in [-0.2, 0) is 6.18 Å². The van der Waals surface area contributed by atoms with Gasteiger partial charge in [0.05, 0.1) is 44.5 Å². The van der Waals surface area contributed by atoms with Crippen LogP contribution in [0.2, 0.25) is 0 Å². The molecule has 0 aliphatic carbocycles. The van der Waals surface area contributed by atoms with Crippen LogP contribution in [0.5, 0.6) is 0 Å². The molecule has 1 nitrogen and oxygen atoms in total. The second kappa shape index (κ2) is 7.35. The molecule has 0 aliphatic heterocycles. The molecule has 1 heterocycles. The fourth-order valence-corrected chi connectivity index (χ4v) is 6.49. The third kappa shape index (κ3) is 3.84. The van der Waals surface area contributed by atoms with Crippen LogP contribution in [0.3, 0.4) is 0 Å². The molecule has 4 rings (SSSR count). The summed E-state index contributed by atoms with van der Waals surface area (Å²) in [4.78, 5) is 1.32. The number of halogens is 4. The lowest BCUT2D eigenvalue weighted by Crippen LogP contribution is -2.04. The Kier molecular flexibility index (Phi) is 5.28. The highest BCUT2D eigenvalue weighted by atomic mass is 127. The van der Waals surface area contributed by atoms with Crippen LogP contribution in [0.25, 0.3) is 20.2 Å². The highest BCUT2D eigenvalue weighted by Gasteiger charge is 2.33. The van der Waals surface area contributed by atoms with E-state index in [2.05, 4.69) is 65.9 Å². The lowest BCUT2D eigenvalue weighted by molar-refractivity contribution is -0.136. The Morgan fingerprint density at radius 1 is 0.828 bits per heavy atom. The molecule has 0 atom stereocenters. The minimum atomic E-state index is -4.37. The Morgan fingerprint density at radius 3 is 2.00 bits per heavy atom. The molecule has 152 valence electrons. The summed E-state index contributed by atoms with van der Waals surface area (Å²) in [7, 11) is -0.806. The Morgan fingerprint density at radius 2 is 1.41 bits per heavy atom. The maximum atomic E-state index is 13.5. The molecule has 4 aromatic rings. The first-order valence-electron chi connectivity index (χ1n) is 8.83. The summed E-state index contributed by atoms with van der Waals surface area (Å²) in [5.41, 5.74) is 1.33. The molecule has 0 radical (unpaired) electrons. The van der Waals surface area contributed by atoms with Gasteiger partial charge in [0, 0.05) is 15.5 Å². The van der Waals surface area contributed by atoms with E-state index in [0.717, 1.165) is 27.5 Å². The van der Waals surface area contributed by atoms with Crippen LogP contribution < -0.4 is 3.11 Å². The summed E-state index contributed by atoms with van der Waals surface area (Å²) in [6.45, 7) is 0. The summed E-state index contributed by atoms with van der Waals surface area (Å²) in [5, 5.41) is 1.50. The van der Waals surface area contributed by atoms with E-state index in [4.69, 9.17) is 0 Å². The van der Waals surface area contributed by atoms with Gasteiger partial charge in [-0.1, -0.05) is 24.3 Å². The predicted molar refractivity (Wildman–Crippen MR) is 131 cm³/mol. The first-order valence-corrected chi connectivity index (χ1v) is 13.5. The van der Waals surface area contributed by atoms with Gasteiger partial charge >= 0.3 is 6.18 Å². The number of fused-ring (bicyclic) bond motifs is 3. The molecule has 0 unspecified atom stereocenters. The minimum Gasteiger partial charge on any atom is -0.282 e. The number of thiophene rings is 1. The SMILES string of the molecule is CS(C)(C)c1ccc(N(I)c2cccc3c2sc2c(C(F)(F)F)cccc23)cc1. The van der Waals surface area contributed by atoms with Crippen molar-refractivity contribution in [3.8, 4) is 0 Å². The maximum absolute atomic E-state index is 13.5. The van der Waals surface area contributed by atoms with Crippen molar-refractivity contribution < 1.29 is 13.2 Å². The minimum absolute atomic E-state index is 0.291. The van der Waals surface area contributed by atoms with Crippen molar-refractivity contribution in [3.05, 3.63) is 66.2 Å². The van der Waals surface area contributed by atoms with Gasteiger partial charge in [-0.25, -0.2) is 10.0 Å². The first-order chi connectivity index (χ1) is 13.6. The molecule has 0 spiro atoms. The number of anilines is 2. The van der Waals surface area contributed by atoms with Gasteiger partial charge in [-0.2, -0.15) is 13.2 Å². The van der Waals surface area contributed by atoms with Gasteiger partial charge in [0.15, 0.2) is 0 Å². The van der Waals surface area contributed by atoms with Gasteiger partial charge in [0.2, 0.25) is 0 Å². The average Bonchev–Trinajstić information content (AvgIpc) is 3.04. The van der Waals surface area contributed by atoms with E-state index in [-0.39, 0.29) is 0 Å². The molecule has 1 aromatic heterocycles. The molecular formula is C22H19F3INS2. The standard InChI is InChI=1S/C22H19F3INS2/c1-29(2,3)15-12-10-14(11-13-15)27(26)19-9-5-7-17-16-6-4-8-18(22(23,24)25)20(16)28-21(17)19/h4-13H,1-3H3. The van der Waals surface area contributed by atoms with Crippen molar-refractivity contribution in [2.24, 2.45) is 0 Å². The summed E-state index contributed by atoms with van der Waals surface area (Å²) in [6.07, 6.45) is 2.38. The Hall–Kier alpha value is -1.45. The summed E-state index contributed by atoms with van der Waals surface area (Å²) >= 11 is 3.44. The molecule has 0 bridgehead atoms. The zero-order valence-corrected chi connectivity index (χ0v) is 19.8. The van der Waals surface area contributed by atoms with E-state index in [9.17, 15) is 13.2 Å². The number of rotatable bonds is 3. The number of hydrogen-bond acceptors (Lipinski definition) is 2. The Bertz CT molecular complexity index is 1190. The lowest BCUT2D eigenvalue weighted by Gasteiger charge is -2.26. The third-order valence-corrected chi connectivity index (χ3v) is 8.83. The van der Waals surface area contributed by atoms with Crippen molar-refractivity contribution in [1.29, 1.82) is 0 Å². The predicted octanol–water partition coefficient (Wildman–Crippen LogP) is 8.61. The van der Waals surface area contributed by atoms with Gasteiger partial charge in [-0.05, 0) is 60.1 Å². The molecule has 0 saturated carbocycles. The zero-order chi connectivity index (χ0) is 21.0. The Labute approximate surface area is 187 Å². The summed E-state index contributed by atoms with van der Waals surface area (Å²) < 4.78 is 43.7. The molecule has 7 heteroatoms. The fraction of sp³-hybridized carbons (Fsp3) is 0.182. The molecule has 0 aliphatic rings. The second-order valence-corrected chi connectivity index (χ2v) is 13.7. The number of hydrogen-bond donors (Lipinski definition) is 0. The van der Waals surface area contributed by atoms with Gasteiger partial charge in [0.25, 0.3) is 0 Å². The molecule has 0 N–H and O–H groups in total. The van der Waals surface area contributed by atoms with E-state index in [1.165, 1.54) is 22.3 Å². The highest BCUT2D eigenvalue weighted by molar-refractivity contribution is 14.1. The van der Waals surface area contributed by atoms with E-state index in [1.54, 1.807) is 6.07 Å². The van der Waals surface area contributed by atoms with Crippen molar-refractivity contribution in [2.75, 3.05) is 21.9 Å². The molecular weight excluding hydrogens is 526 g/mol. The van der Waals surface area contributed by atoms with Crippen LogP contribution in [-0.4, -0.2) is 18.8 Å². The van der Waals surface area contributed by atoms with Gasteiger partial charge in [-0.3, -0.25) is 3.11 Å². The maximum Gasteiger partial charge on any atom is 0.417 e. The summed E-state index contributed by atoms with van der Waals surface area (Å²) in [6, 6.07) is 18.6. The van der Waals surface area contributed by atoms with Crippen molar-refractivity contribution in [3.63, 3.8) is 0 Å². The van der Waals surface area contributed by atoms with Crippen LogP contribution in [0.1, 0.15) is 5.56 Å². The Balaban J connectivity index is 1.86. The monoisotopic (exact) mass is 545 g/mol. The van der Waals surface area contributed by atoms with Gasteiger partial charge in [0.1, 0.15) is 0 Å². The van der Waals surface area contributed by atoms with E-state index >= 15 is 0 Å². The van der Waals surface area contributed by atoms with Crippen molar-refractivity contribution >= 4 is 75.8 Å². The van der Waals surface area contributed by atoms with Crippen molar-refractivity contribution in [2.45, 2.75) is 11.1 Å². The van der Waals surface area contributed by atoms with E-state index in [1.807, 2.05) is 21.3 Å². The van der Waals surface area contributed by atoms with E-state index < -0.39 is 21.8 Å². The third-order valence-electron chi connectivity index (χ3n) is 4.79. The van der Waals surface area contributed by atoms with E-state index in [0.29, 0.717) is 10.1 Å². The number of alkyl halides is 3. The van der Waals surface area contributed by atoms with Gasteiger partial charge < -0.3 is 0 Å².